The summed E-state index contributed by atoms with van der Waals surface area (Å²) in [4.78, 5) is 8.55. The summed E-state index contributed by atoms with van der Waals surface area (Å²) in [6.45, 7) is 2.56. The Hall–Kier alpha value is -1.42. The lowest BCUT2D eigenvalue weighted by atomic mass is 10.1. The third-order valence-electron chi connectivity index (χ3n) is 3.71. The molecule has 0 spiro atoms. The van der Waals surface area contributed by atoms with Crippen LogP contribution in [0.3, 0.4) is 0 Å². The molecule has 0 aliphatic heterocycles. The van der Waals surface area contributed by atoms with E-state index in [9.17, 15) is 8.42 Å². The number of fused-ring (bicyclic) bond motifs is 1. The lowest BCUT2D eigenvalue weighted by Crippen LogP contribution is -2.42. The van der Waals surface area contributed by atoms with Crippen LogP contribution < -0.4 is 10.6 Å². The van der Waals surface area contributed by atoms with Crippen molar-refractivity contribution in [2.24, 2.45) is 4.99 Å². The van der Waals surface area contributed by atoms with Crippen molar-refractivity contribution in [2.45, 2.75) is 25.9 Å². The van der Waals surface area contributed by atoms with Gasteiger partial charge < -0.3 is 10.6 Å². The summed E-state index contributed by atoms with van der Waals surface area (Å²) in [7, 11) is -1.25. The van der Waals surface area contributed by atoms with Crippen molar-refractivity contribution < 1.29 is 8.42 Å². The Balaban J connectivity index is 0.00000312. The number of benzene rings is 1. The largest absolute Gasteiger partial charge is 0.354 e. The zero-order valence-corrected chi connectivity index (χ0v) is 17.8. The zero-order chi connectivity index (χ0) is 17.6. The molecule has 1 heterocycles. The van der Waals surface area contributed by atoms with Crippen LogP contribution in [0.25, 0.3) is 10.9 Å². The molecule has 1 aromatic carbocycles. The molecular formula is C17H25IN4O2S. The highest BCUT2D eigenvalue weighted by Gasteiger charge is 2.10. The third-order valence-corrected chi connectivity index (χ3v) is 4.69. The highest BCUT2D eigenvalue weighted by atomic mass is 127. The smallest absolute Gasteiger partial charge is 0.191 e. The molecule has 2 aromatic rings. The zero-order valence-electron chi connectivity index (χ0n) is 14.7. The molecule has 6 nitrogen and oxygen atoms in total. The first-order valence-corrected chi connectivity index (χ1v) is 9.92. The van der Waals surface area contributed by atoms with Gasteiger partial charge in [-0.15, -0.1) is 24.0 Å². The molecule has 8 heteroatoms. The first-order valence-electron chi connectivity index (χ1n) is 7.86. The molecular weight excluding hydrogens is 451 g/mol. The van der Waals surface area contributed by atoms with Gasteiger partial charge >= 0.3 is 0 Å². The molecule has 1 aromatic heterocycles. The van der Waals surface area contributed by atoms with Crippen LogP contribution in [0.4, 0.5) is 0 Å². The minimum absolute atomic E-state index is 0. The molecule has 1 unspecified atom stereocenters. The van der Waals surface area contributed by atoms with E-state index in [4.69, 9.17) is 0 Å². The van der Waals surface area contributed by atoms with Crippen LogP contribution in [-0.4, -0.2) is 44.5 Å². The number of hydrogen-bond donors (Lipinski definition) is 2. The van der Waals surface area contributed by atoms with Crippen molar-refractivity contribution in [3.63, 3.8) is 0 Å². The van der Waals surface area contributed by atoms with Crippen LogP contribution in [-0.2, 0) is 16.4 Å². The van der Waals surface area contributed by atoms with Crippen LogP contribution in [0.5, 0.6) is 0 Å². The van der Waals surface area contributed by atoms with Crippen LogP contribution in [0.15, 0.2) is 41.5 Å². The van der Waals surface area contributed by atoms with Gasteiger partial charge in [-0.1, -0.05) is 18.2 Å². The minimum Gasteiger partial charge on any atom is -0.354 e. The van der Waals surface area contributed by atoms with E-state index >= 15 is 0 Å². The number of halogens is 1. The SMILES string of the molecule is CN=C(NCc1ccnc2ccccc12)NC(C)CCS(C)(=O)=O.I. The summed E-state index contributed by atoms with van der Waals surface area (Å²) >= 11 is 0. The predicted molar refractivity (Wildman–Crippen MR) is 114 cm³/mol. The number of pyridine rings is 1. The maximum absolute atomic E-state index is 11.2. The number of para-hydroxylation sites is 1. The van der Waals surface area contributed by atoms with Gasteiger partial charge in [-0.05, 0) is 31.0 Å². The highest BCUT2D eigenvalue weighted by molar-refractivity contribution is 14.0. The number of aliphatic imine (C=N–C) groups is 1. The second-order valence-corrected chi connectivity index (χ2v) is 8.14. The molecule has 1 atom stereocenters. The topological polar surface area (TPSA) is 83.4 Å². The lowest BCUT2D eigenvalue weighted by molar-refractivity contribution is 0.581. The average Bonchev–Trinajstić information content (AvgIpc) is 2.56. The van der Waals surface area contributed by atoms with Gasteiger partial charge in [-0.2, -0.15) is 0 Å². The number of guanidine groups is 1. The van der Waals surface area contributed by atoms with Crippen molar-refractivity contribution in [2.75, 3.05) is 19.1 Å². The molecule has 2 N–H and O–H groups in total. The quantitative estimate of drug-likeness (QED) is 0.380. The molecule has 0 aliphatic rings. The molecule has 0 amide bonds. The summed E-state index contributed by atoms with van der Waals surface area (Å²) in [5, 5.41) is 7.59. The molecule has 0 bridgehead atoms. The molecule has 0 saturated heterocycles. The Morgan fingerprint density at radius 3 is 2.68 bits per heavy atom. The summed E-state index contributed by atoms with van der Waals surface area (Å²) in [6.07, 6.45) is 3.59. The van der Waals surface area contributed by atoms with E-state index in [1.807, 2.05) is 37.3 Å². The first kappa shape index (κ1) is 21.6. The normalized spacial score (nSPS) is 13.2. The minimum atomic E-state index is -2.95. The number of nitrogens with zero attached hydrogens (tertiary/aromatic N) is 2. The Labute approximate surface area is 166 Å². The van der Waals surface area contributed by atoms with Crippen molar-refractivity contribution in [3.8, 4) is 0 Å². The van der Waals surface area contributed by atoms with Gasteiger partial charge in [-0.3, -0.25) is 9.98 Å². The average molecular weight is 476 g/mol. The van der Waals surface area contributed by atoms with E-state index < -0.39 is 9.84 Å². The van der Waals surface area contributed by atoms with E-state index in [1.54, 1.807) is 13.2 Å². The van der Waals surface area contributed by atoms with Crippen LogP contribution in [0, 0.1) is 0 Å². The van der Waals surface area contributed by atoms with E-state index in [0.717, 1.165) is 16.5 Å². The lowest BCUT2D eigenvalue weighted by Gasteiger charge is -2.18. The second kappa shape index (κ2) is 9.91. The first-order chi connectivity index (χ1) is 11.4. The highest BCUT2D eigenvalue weighted by Crippen LogP contribution is 2.15. The summed E-state index contributed by atoms with van der Waals surface area (Å²) in [6, 6.07) is 9.99. The van der Waals surface area contributed by atoms with Gasteiger partial charge in [0.1, 0.15) is 9.84 Å². The van der Waals surface area contributed by atoms with E-state index in [2.05, 4.69) is 20.6 Å². The Bertz CT molecular complexity index is 819. The van der Waals surface area contributed by atoms with E-state index in [0.29, 0.717) is 18.9 Å². The summed E-state index contributed by atoms with van der Waals surface area (Å²) in [5.41, 5.74) is 2.09. The van der Waals surface area contributed by atoms with E-state index in [1.165, 1.54) is 6.26 Å². The van der Waals surface area contributed by atoms with Gasteiger partial charge in [0.05, 0.1) is 11.3 Å². The fourth-order valence-corrected chi connectivity index (χ4v) is 3.16. The van der Waals surface area contributed by atoms with Crippen LogP contribution >= 0.6 is 24.0 Å². The third kappa shape index (κ3) is 7.15. The number of hydrogen-bond acceptors (Lipinski definition) is 4. The summed E-state index contributed by atoms with van der Waals surface area (Å²) < 4.78 is 22.5. The molecule has 2 rings (SSSR count). The van der Waals surface area contributed by atoms with Crippen molar-refractivity contribution in [1.29, 1.82) is 0 Å². The van der Waals surface area contributed by atoms with Crippen LogP contribution in [0.1, 0.15) is 18.9 Å². The molecule has 0 fully saturated rings. The summed E-state index contributed by atoms with van der Waals surface area (Å²) in [5.74, 6) is 0.810. The maximum Gasteiger partial charge on any atom is 0.191 e. The maximum atomic E-state index is 11.2. The van der Waals surface area contributed by atoms with Gasteiger partial charge in [0, 0.05) is 37.5 Å². The number of rotatable bonds is 6. The molecule has 138 valence electrons. The Morgan fingerprint density at radius 2 is 2.00 bits per heavy atom. The van der Waals surface area contributed by atoms with Gasteiger partial charge in [0.25, 0.3) is 0 Å². The molecule has 0 saturated carbocycles. The number of aromatic nitrogens is 1. The van der Waals surface area contributed by atoms with E-state index in [-0.39, 0.29) is 35.8 Å². The van der Waals surface area contributed by atoms with Gasteiger partial charge in [0.2, 0.25) is 0 Å². The van der Waals surface area contributed by atoms with Crippen molar-refractivity contribution in [1.82, 2.24) is 15.6 Å². The standard InChI is InChI=1S/C17H24N4O2S.HI/c1-13(9-11-24(3,22)23)21-17(18-2)20-12-14-8-10-19-16-7-5-4-6-15(14)16;/h4-8,10,13H,9,11-12H2,1-3H3,(H2,18,20,21);1H. The molecule has 0 aliphatic carbocycles. The van der Waals surface area contributed by atoms with Crippen LogP contribution in [0.2, 0.25) is 0 Å². The van der Waals surface area contributed by atoms with Crippen molar-refractivity contribution in [3.05, 3.63) is 42.1 Å². The molecule has 25 heavy (non-hydrogen) atoms. The van der Waals surface area contributed by atoms with Crippen molar-refractivity contribution >= 4 is 50.7 Å². The molecule has 0 radical (unpaired) electrons. The number of nitrogens with one attached hydrogen (secondary N) is 2. The monoisotopic (exact) mass is 476 g/mol. The predicted octanol–water partition coefficient (Wildman–Crippen LogP) is 2.34. The van der Waals surface area contributed by atoms with Gasteiger partial charge in [0.15, 0.2) is 5.96 Å². The Kier molecular flexibility index (Phi) is 8.57. The van der Waals surface area contributed by atoms with Gasteiger partial charge in [-0.25, -0.2) is 8.42 Å². The fraction of sp³-hybridized carbons (Fsp3) is 0.412. The second-order valence-electron chi connectivity index (χ2n) is 5.88. The Morgan fingerprint density at radius 1 is 1.28 bits per heavy atom. The fourth-order valence-electron chi connectivity index (χ4n) is 2.38. The number of sulfone groups is 1.